The predicted molar refractivity (Wildman–Crippen MR) is 104 cm³/mol. The second-order valence-corrected chi connectivity index (χ2v) is 7.80. The van der Waals surface area contributed by atoms with Crippen LogP contribution in [0.15, 0.2) is 30.6 Å². The van der Waals surface area contributed by atoms with E-state index >= 15 is 0 Å². The maximum absolute atomic E-state index is 13.1. The average Bonchev–Trinajstić information content (AvgIpc) is 3.37. The van der Waals surface area contributed by atoms with Gasteiger partial charge in [-0.25, -0.2) is 9.67 Å². The first-order valence-corrected chi connectivity index (χ1v) is 10.1. The molecule has 31 heavy (non-hydrogen) atoms. The van der Waals surface area contributed by atoms with E-state index in [0.29, 0.717) is 36.1 Å². The monoisotopic (exact) mass is 454 g/mol. The van der Waals surface area contributed by atoms with Gasteiger partial charge >= 0.3 is 12.1 Å². The van der Waals surface area contributed by atoms with Gasteiger partial charge in [0, 0.05) is 25.9 Å². The van der Waals surface area contributed by atoms with E-state index in [4.69, 9.17) is 9.84 Å². The number of carboxylic acids is 1. The Morgan fingerprint density at radius 2 is 1.97 bits per heavy atom. The Bertz CT molecular complexity index is 1060. The number of piperidine rings is 1. The zero-order valence-electron chi connectivity index (χ0n) is 16.0. The van der Waals surface area contributed by atoms with E-state index in [9.17, 15) is 18.0 Å². The van der Waals surface area contributed by atoms with Gasteiger partial charge < -0.3 is 14.7 Å². The number of hydrogen-bond acceptors (Lipinski definition) is 8. The number of hydrogen-bond donors (Lipinski definition) is 1. The van der Waals surface area contributed by atoms with Crippen molar-refractivity contribution in [1.82, 2.24) is 25.0 Å². The minimum atomic E-state index is -4.47. The minimum absolute atomic E-state index is 0.158. The van der Waals surface area contributed by atoms with Crippen LogP contribution < -0.4 is 9.64 Å². The van der Waals surface area contributed by atoms with E-state index in [-0.39, 0.29) is 24.2 Å². The molecule has 1 aromatic carbocycles. The summed E-state index contributed by atoms with van der Waals surface area (Å²) >= 11 is 1.26. The molecule has 2 aromatic heterocycles. The highest BCUT2D eigenvalue weighted by atomic mass is 32.1. The van der Waals surface area contributed by atoms with Crippen molar-refractivity contribution in [3.05, 3.63) is 36.2 Å². The molecule has 9 nitrogen and oxygen atoms in total. The van der Waals surface area contributed by atoms with Gasteiger partial charge in [0.2, 0.25) is 11.0 Å². The van der Waals surface area contributed by atoms with E-state index in [1.54, 1.807) is 0 Å². The van der Waals surface area contributed by atoms with Gasteiger partial charge in [-0.2, -0.15) is 13.2 Å². The molecule has 0 radical (unpaired) electrons. The SMILES string of the molecule is O=C(O)Cn1cnc(-c2nnc(N3CCC(Oc4ccccc4C(F)(F)F)CC3)s2)n1. The summed E-state index contributed by atoms with van der Waals surface area (Å²) in [5.74, 6) is -0.904. The van der Waals surface area contributed by atoms with Gasteiger partial charge in [0.25, 0.3) is 0 Å². The van der Waals surface area contributed by atoms with Crippen LogP contribution in [0.3, 0.4) is 0 Å². The van der Waals surface area contributed by atoms with E-state index < -0.39 is 17.7 Å². The molecular formula is C18H17F3N6O3S. The summed E-state index contributed by atoms with van der Waals surface area (Å²) in [5.41, 5.74) is -0.777. The van der Waals surface area contributed by atoms with Crippen molar-refractivity contribution >= 4 is 22.4 Å². The highest BCUT2D eigenvalue weighted by molar-refractivity contribution is 7.18. The fourth-order valence-electron chi connectivity index (χ4n) is 3.19. The molecule has 1 saturated heterocycles. The van der Waals surface area contributed by atoms with Gasteiger partial charge in [0.05, 0.1) is 5.56 Å². The number of alkyl halides is 3. The van der Waals surface area contributed by atoms with Crippen LogP contribution in [0.25, 0.3) is 10.8 Å². The molecule has 0 amide bonds. The number of aliphatic carboxylic acids is 1. The first-order valence-electron chi connectivity index (χ1n) is 9.32. The van der Waals surface area contributed by atoms with Gasteiger partial charge in [0.15, 0.2) is 5.01 Å². The molecule has 1 fully saturated rings. The maximum Gasteiger partial charge on any atom is 0.419 e. The molecule has 1 aliphatic heterocycles. The zero-order chi connectivity index (χ0) is 22.0. The van der Waals surface area contributed by atoms with Crippen molar-refractivity contribution in [3.8, 4) is 16.6 Å². The summed E-state index contributed by atoms with van der Waals surface area (Å²) in [6.45, 7) is 0.798. The largest absolute Gasteiger partial charge is 0.490 e. The third kappa shape index (κ3) is 4.93. The fourth-order valence-corrected chi connectivity index (χ4v) is 4.02. The molecule has 164 valence electrons. The molecule has 3 aromatic rings. The van der Waals surface area contributed by atoms with Gasteiger partial charge in [0.1, 0.15) is 24.7 Å². The number of benzene rings is 1. The summed E-state index contributed by atoms with van der Waals surface area (Å²) in [6, 6.07) is 5.21. The van der Waals surface area contributed by atoms with Crippen LogP contribution in [0.4, 0.5) is 18.3 Å². The summed E-state index contributed by atoms with van der Waals surface area (Å²) in [7, 11) is 0. The van der Waals surface area contributed by atoms with Crippen molar-refractivity contribution in [2.45, 2.75) is 31.7 Å². The van der Waals surface area contributed by atoms with Crippen LogP contribution in [0.1, 0.15) is 18.4 Å². The maximum atomic E-state index is 13.1. The second kappa shape index (κ2) is 8.49. The van der Waals surface area contributed by atoms with Crippen LogP contribution in [0.5, 0.6) is 5.75 Å². The van der Waals surface area contributed by atoms with E-state index in [1.165, 1.54) is 40.5 Å². The molecule has 0 saturated carbocycles. The van der Waals surface area contributed by atoms with Crippen LogP contribution in [0.2, 0.25) is 0 Å². The quantitative estimate of drug-likeness (QED) is 0.606. The van der Waals surface area contributed by atoms with Crippen LogP contribution in [-0.4, -0.2) is 55.2 Å². The summed E-state index contributed by atoms with van der Waals surface area (Å²) < 4.78 is 46.3. The number of halogens is 3. The molecule has 0 spiro atoms. The number of nitrogens with zero attached hydrogens (tertiary/aromatic N) is 6. The van der Waals surface area contributed by atoms with Crippen LogP contribution in [-0.2, 0) is 17.5 Å². The number of rotatable bonds is 6. The number of para-hydroxylation sites is 1. The Balaban J connectivity index is 1.37. The van der Waals surface area contributed by atoms with Gasteiger partial charge in [-0.15, -0.1) is 15.3 Å². The Morgan fingerprint density at radius 1 is 1.23 bits per heavy atom. The Kier molecular flexibility index (Phi) is 5.76. The lowest BCUT2D eigenvalue weighted by Gasteiger charge is -2.32. The van der Waals surface area contributed by atoms with Crippen LogP contribution in [0, 0.1) is 0 Å². The number of ether oxygens (including phenoxy) is 1. The molecule has 0 unspecified atom stereocenters. The Hall–Kier alpha value is -3.22. The van der Waals surface area contributed by atoms with Crippen molar-refractivity contribution in [1.29, 1.82) is 0 Å². The molecule has 0 atom stereocenters. The predicted octanol–water partition coefficient (Wildman–Crippen LogP) is 2.95. The third-order valence-corrected chi connectivity index (χ3v) is 5.62. The molecule has 13 heteroatoms. The number of carboxylic acid groups (broad SMARTS) is 1. The molecular weight excluding hydrogens is 437 g/mol. The lowest BCUT2D eigenvalue weighted by molar-refractivity contribution is -0.139. The average molecular weight is 454 g/mol. The minimum Gasteiger partial charge on any atom is -0.490 e. The molecule has 3 heterocycles. The summed E-state index contributed by atoms with van der Waals surface area (Å²) in [5, 5.41) is 22.2. The van der Waals surface area contributed by atoms with Crippen molar-refractivity contribution in [2.75, 3.05) is 18.0 Å². The van der Waals surface area contributed by atoms with E-state index in [2.05, 4.69) is 20.3 Å². The normalized spacial score (nSPS) is 15.3. The molecule has 0 bridgehead atoms. The zero-order valence-corrected chi connectivity index (χ0v) is 16.8. The fraction of sp³-hybridized carbons (Fsp3) is 0.389. The lowest BCUT2D eigenvalue weighted by atomic mass is 10.1. The number of carbonyl (C=O) groups is 1. The molecule has 4 rings (SSSR count). The van der Waals surface area contributed by atoms with Crippen molar-refractivity contribution in [2.24, 2.45) is 0 Å². The second-order valence-electron chi connectivity index (χ2n) is 6.85. The van der Waals surface area contributed by atoms with Crippen molar-refractivity contribution in [3.63, 3.8) is 0 Å². The highest BCUT2D eigenvalue weighted by Gasteiger charge is 2.35. The molecule has 1 N–H and O–H groups in total. The van der Waals surface area contributed by atoms with E-state index in [0.717, 1.165) is 6.07 Å². The third-order valence-electron chi connectivity index (χ3n) is 4.64. The Labute approximate surface area is 178 Å². The molecule has 1 aliphatic rings. The first-order chi connectivity index (χ1) is 14.8. The number of aromatic nitrogens is 5. The van der Waals surface area contributed by atoms with E-state index in [1.807, 2.05) is 4.90 Å². The van der Waals surface area contributed by atoms with Crippen LogP contribution >= 0.6 is 11.3 Å². The Morgan fingerprint density at radius 3 is 2.68 bits per heavy atom. The van der Waals surface area contributed by atoms with Gasteiger partial charge in [-0.05, 0) is 12.1 Å². The van der Waals surface area contributed by atoms with Gasteiger partial charge in [-0.3, -0.25) is 4.79 Å². The lowest BCUT2D eigenvalue weighted by Crippen LogP contribution is -2.38. The standard InChI is InChI=1S/C18H17F3N6O3S/c19-18(20,21)12-3-1-2-4-13(12)30-11-5-7-26(8-6-11)17-24-23-16(31-17)15-22-10-27(25-15)9-14(28)29/h1-4,10-11H,5-9H2,(H,28,29). The molecule has 0 aliphatic carbocycles. The smallest absolute Gasteiger partial charge is 0.419 e. The summed E-state index contributed by atoms with van der Waals surface area (Å²) in [6.07, 6.45) is -2.42. The summed E-state index contributed by atoms with van der Waals surface area (Å²) in [4.78, 5) is 16.8. The number of anilines is 1. The topological polar surface area (TPSA) is 106 Å². The highest BCUT2D eigenvalue weighted by Crippen LogP contribution is 2.37. The van der Waals surface area contributed by atoms with Crippen molar-refractivity contribution < 1.29 is 27.8 Å². The van der Waals surface area contributed by atoms with Gasteiger partial charge in [-0.1, -0.05) is 23.5 Å². The first kappa shape index (κ1) is 21.0.